The highest BCUT2D eigenvalue weighted by atomic mass is 17.2. The predicted molar refractivity (Wildman–Crippen MR) is 38.4 cm³/mol. The van der Waals surface area contributed by atoms with Gasteiger partial charge >= 0.3 is 0 Å². The SMILES string of the molecule is CC[C@@](C)(CO)COOC. The molecule has 3 heteroatoms. The van der Waals surface area contributed by atoms with Crippen molar-refractivity contribution in [3.05, 3.63) is 0 Å². The fraction of sp³-hybridized carbons (Fsp3) is 1.00. The van der Waals surface area contributed by atoms with Gasteiger partial charge in [-0.1, -0.05) is 13.8 Å². The van der Waals surface area contributed by atoms with Crippen molar-refractivity contribution >= 4 is 0 Å². The van der Waals surface area contributed by atoms with Crippen LogP contribution in [0.25, 0.3) is 0 Å². The molecular formula is C7H16O3. The molecule has 0 unspecified atom stereocenters. The molecule has 0 saturated carbocycles. The molecule has 10 heavy (non-hydrogen) atoms. The van der Waals surface area contributed by atoms with Gasteiger partial charge in [0.1, 0.15) is 0 Å². The molecule has 1 atom stereocenters. The molecule has 0 aromatic heterocycles. The highest BCUT2D eigenvalue weighted by molar-refractivity contribution is 4.69. The summed E-state index contributed by atoms with van der Waals surface area (Å²) in [6, 6.07) is 0. The largest absolute Gasteiger partial charge is 0.396 e. The first-order valence-corrected chi connectivity index (χ1v) is 3.45. The van der Waals surface area contributed by atoms with Crippen LogP contribution in [-0.2, 0) is 9.78 Å². The van der Waals surface area contributed by atoms with Gasteiger partial charge < -0.3 is 5.11 Å². The molecule has 0 amide bonds. The van der Waals surface area contributed by atoms with Gasteiger partial charge in [0.05, 0.1) is 20.3 Å². The van der Waals surface area contributed by atoms with Crippen molar-refractivity contribution in [2.45, 2.75) is 20.3 Å². The van der Waals surface area contributed by atoms with Gasteiger partial charge in [0.2, 0.25) is 0 Å². The molecule has 0 aliphatic carbocycles. The van der Waals surface area contributed by atoms with Crippen LogP contribution in [0, 0.1) is 5.41 Å². The summed E-state index contributed by atoms with van der Waals surface area (Å²) in [7, 11) is 1.47. The Kier molecular flexibility index (Phi) is 4.60. The van der Waals surface area contributed by atoms with Gasteiger partial charge in [-0.15, -0.1) is 0 Å². The lowest BCUT2D eigenvalue weighted by atomic mass is 9.90. The molecule has 0 aromatic rings. The Balaban J connectivity index is 3.58. The van der Waals surface area contributed by atoms with E-state index in [0.717, 1.165) is 6.42 Å². The van der Waals surface area contributed by atoms with E-state index in [1.54, 1.807) is 0 Å². The molecule has 62 valence electrons. The first-order valence-electron chi connectivity index (χ1n) is 3.45. The minimum absolute atomic E-state index is 0.132. The molecule has 0 aliphatic rings. The summed E-state index contributed by atoms with van der Waals surface area (Å²) >= 11 is 0. The molecule has 1 N–H and O–H groups in total. The van der Waals surface area contributed by atoms with E-state index in [4.69, 9.17) is 9.99 Å². The fourth-order valence-corrected chi connectivity index (χ4v) is 0.461. The summed E-state index contributed by atoms with van der Waals surface area (Å²) in [5.74, 6) is 0. The van der Waals surface area contributed by atoms with Crippen molar-refractivity contribution in [2.75, 3.05) is 20.3 Å². The van der Waals surface area contributed by atoms with E-state index in [9.17, 15) is 0 Å². The van der Waals surface area contributed by atoms with Crippen molar-refractivity contribution in [3.63, 3.8) is 0 Å². The Labute approximate surface area is 61.9 Å². The summed E-state index contributed by atoms with van der Waals surface area (Å²) in [6.45, 7) is 4.53. The molecule has 3 nitrogen and oxygen atoms in total. The van der Waals surface area contributed by atoms with Crippen molar-refractivity contribution in [3.8, 4) is 0 Å². The Morgan fingerprint density at radius 1 is 1.50 bits per heavy atom. The first-order chi connectivity index (χ1) is 4.68. The van der Waals surface area contributed by atoms with Crippen LogP contribution in [0.3, 0.4) is 0 Å². The van der Waals surface area contributed by atoms with Gasteiger partial charge in [-0.25, -0.2) is 9.78 Å². The number of hydrogen-bond acceptors (Lipinski definition) is 3. The van der Waals surface area contributed by atoms with Crippen LogP contribution in [0.15, 0.2) is 0 Å². The second-order valence-corrected chi connectivity index (χ2v) is 2.75. The zero-order chi connectivity index (χ0) is 8.04. The van der Waals surface area contributed by atoms with Crippen molar-refractivity contribution < 1.29 is 14.9 Å². The molecule has 0 heterocycles. The second kappa shape index (κ2) is 4.66. The molecule has 0 bridgehead atoms. The standard InChI is InChI=1S/C7H16O3/c1-4-7(2,5-8)6-10-9-3/h8H,4-6H2,1-3H3/t7-/m0/s1. The summed E-state index contributed by atoms with van der Waals surface area (Å²) in [4.78, 5) is 9.15. The van der Waals surface area contributed by atoms with Crippen LogP contribution >= 0.6 is 0 Å². The molecule has 0 rings (SSSR count). The van der Waals surface area contributed by atoms with E-state index in [2.05, 4.69) is 4.89 Å². The second-order valence-electron chi connectivity index (χ2n) is 2.75. The minimum Gasteiger partial charge on any atom is -0.396 e. The molecule has 0 saturated heterocycles. The molecule has 0 radical (unpaired) electrons. The molecule has 0 spiro atoms. The first kappa shape index (κ1) is 9.88. The smallest absolute Gasteiger partial charge is 0.0897 e. The lowest BCUT2D eigenvalue weighted by Crippen LogP contribution is -2.26. The minimum atomic E-state index is -0.157. The highest BCUT2D eigenvalue weighted by Crippen LogP contribution is 2.19. The van der Waals surface area contributed by atoms with Crippen LogP contribution in [0.2, 0.25) is 0 Å². The van der Waals surface area contributed by atoms with Crippen LogP contribution in [0.1, 0.15) is 20.3 Å². The Hall–Kier alpha value is -0.120. The van der Waals surface area contributed by atoms with E-state index in [1.165, 1.54) is 7.11 Å². The van der Waals surface area contributed by atoms with Gasteiger partial charge in [-0.2, -0.15) is 0 Å². The van der Waals surface area contributed by atoms with Crippen LogP contribution < -0.4 is 0 Å². The molecule has 0 aliphatic heterocycles. The third kappa shape index (κ3) is 3.15. The monoisotopic (exact) mass is 148 g/mol. The Morgan fingerprint density at radius 3 is 2.40 bits per heavy atom. The lowest BCUT2D eigenvalue weighted by molar-refractivity contribution is -0.290. The maximum Gasteiger partial charge on any atom is 0.0897 e. The average molecular weight is 148 g/mol. The summed E-state index contributed by atoms with van der Waals surface area (Å²) in [5.41, 5.74) is -0.157. The van der Waals surface area contributed by atoms with Crippen LogP contribution in [0.4, 0.5) is 0 Å². The van der Waals surface area contributed by atoms with Crippen molar-refractivity contribution in [1.29, 1.82) is 0 Å². The van der Waals surface area contributed by atoms with E-state index in [1.807, 2.05) is 13.8 Å². The molecule has 0 aromatic carbocycles. The maximum atomic E-state index is 8.88. The van der Waals surface area contributed by atoms with Gasteiger partial charge in [-0.3, -0.25) is 0 Å². The number of hydrogen-bond donors (Lipinski definition) is 1. The van der Waals surface area contributed by atoms with Gasteiger partial charge in [0, 0.05) is 5.41 Å². The van der Waals surface area contributed by atoms with E-state index >= 15 is 0 Å². The summed E-state index contributed by atoms with van der Waals surface area (Å²) in [5, 5.41) is 8.88. The third-order valence-corrected chi connectivity index (χ3v) is 1.76. The number of rotatable bonds is 5. The number of aliphatic hydroxyl groups is 1. The van der Waals surface area contributed by atoms with Gasteiger partial charge in [0.25, 0.3) is 0 Å². The van der Waals surface area contributed by atoms with Gasteiger partial charge in [-0.05, 0) is 6.42 Å². The third-order valence-electron chi connectivity index (χ3n) is 1.76. The van der Waals surface area contributed by atoms with Crippen molar-refractivity contribution in [2.24, 2.45) is 5.41 Å². The maximum absolute atomic E-state index is 8.88. The lowest BCUT2D eigenvalue weighted by Gasteiger charge is -2.23. The quantitative estimate of drug-likeness (QED) is 0.466. The highest BCUT2D eigenvalue weighted by Gasteiger charge is 2.21. The van der Waals surface area contributed by atoms with E-state index in [0.29, 0.717) is 6.61 Å². The Bertz CT molecular complexity index is 78.9. The van der Waals surface area contributed by atoms with Gasteiger partial charge in [0.15, 0.2) is 0 Å². The van der Waals surface area contributed by atoms with E-state index in [-0.39, 0.29) is 12.0 Å². The zero-order valence-corrected chi connectivity index (χ0v) is 6.89. The normalized spacial score (nSPS) is 16.8. The Morgan fingerprint density at radius 2 is 2.10 bits per heavy atom. The van der Waals surface area contributed by atoms with E-state index < -0.39 is 0 Å². The van der Waals surface area contributed by atoms with Crippen molar-refractivity contribution in [1.82, 2.24) is 0 Å². The summed E-state index contributed by atoms with van der Waals surface area (Å²) < 4.78 is 0. The molecule has 0 fully saturated rings. The topological polar surface area (TPSA) is 38.7 Å². The summed E-state index contributed by atoms with van der Waals surface area (Å²) in [6.07, 6.45) is 0.882. The number of aliphatic hydroxyl groups excluding tert-OH is 1. The van der Waals surface area contributed by atoms with Crippen LogP contribution in [0.5, 0.6) is 0 Å². The predicted octanol–water partition coefficient (Wildman–Crippen LogP) is 0.973. The fourth-order valence-electron chi connectivity index (χ4n) is 0.461. The van der Waals surface area contributed by atoms with Crippen LogP contribution in [-0.4, -0.2) is 25.4 Å². The zero-order valence-electron chi connectivity index (χ0n) is 6.89. The molecular weight excluding hydrogens is 132 g/mol. The average Bonchev–Trinajstić information content (AvgIpc) is 2.00.